The van der Waals surface area contributed by atoms with E-state index in [2.05, 4.69) is 29.8 Å². The van der Waals surface area contributed by atoms with Gasteiger partial charge in [0.1, 0.15) is 5.82 Å². The van der Waals surface area contributed by atoms with Crippen LogP contribution in [0.25, 0.3) is 11.0 Å². The molecule has 4 heteroatoms. The van der Waals surface area contributed by atoms with Crippen molar-refractivity contribution in [3.05, 3.63) is 30.1 Å². The number of rotatable bonds is 4. The van der Waals surface area contributed by atoms with Crippen LogP contribution in [0.5, 0.6) is 0 Å². The van der Waals surface area contributed by atoms with Gasteiger partial charge in [0, 0.05) is 13.0 Å². The van der Waals surface area contributed by atoms with Crippen LogP contribution in [0.4, 0.5) is 0 Å². The van der Waals surface area contributed by atoms with Gasteiger partial charge in [0.15, 0.2) is 0 Å². The summed E-state index contributed by atoms with van der Waals surface area (Å²) in [7, 11) is 2.02. The summed E-state index contributed by atoms with van der Waals surface area (Å²) >= 11 is 0. The van der Waals surface area contributed by atoms with E-state index >= 15 is 0 Å². The molecule has 1 atom stereocenters. The zero-order chi connectivity index (χ0) is 14.3. The molecule has 1 aliphatic carbocycles. The molecule has 1 N–H and O–H groups in total. The number of aryl methyl sites for hydroxylation is 1. The topological polar surface area (TPSA) is 46.9 Å². The minimum Gasteiger partial charge on any atom is -0.346 e. The van der Waals surface area contributed by atoms with Crippen LogP contribution in [0.15, 0.2) is 24.3 Å². The van der Waals surface area contributed by atoms with Crippen LogP contribution in [-0.2, 0) is 11.8 Å². The van der Waals surface area contributed by atoms with Crippen LogP contribution < -0.4 is 5.32 Å². The summed E-state index contributed by atoms with van der Waals surface area (Å²) in [5, 5.41) is 3.17. The van der Waals surface area contributed by atoms with Gasteiger partial charge in [0.05, 0.1) is 17.1 Å². The molecule has 0 aliphatic heterocycles. The Labute approximate surface area is 119 Å². The van der Waals surface area contributed by atoms with Crippen molar-refractivity contribution in [2.24, 2.45) is 18.9 Å². The molecule has 106 valence electrons. The number of para-hydroxylation sites is 2. The molecule has 0 spiro atoms. The van der Waals surface area contributed by atoms with E-state index in [-0.39, 0.29) is 17.9 Å². The average Bonchev–Trinajstić information content (AvgIpc) is 3.22. The molecule has 2 aromatic rings. The van der Waals surface area contributed by atoms with E-state index in [9.17, 15) is 4.79 Å². The van der Waals surface area contributed by atoms with Crippen molar-refractivity contribution in [3.8, 4) is 0 Å². The molecule has 1 aromatic heterocycles. The Balaban J connectivity index is 1.96. The number of hydrogen-bond acceptors (Lipinski definition) is 2. The first-order valence-corrected chi connectivity index (χ1v) is 7.29. The summed E-state index contributed by atoms with van der Waals surface area (Å²) in [5.74, 6) is 1.66. The summed E-state index contributed by atoms with van der Waals surface area (Å²) in [6.45, 7) is 4.24. The van der Waals surface area contributed by atoms with E-state index in [1.165, 1.54) is 0 Å². The maximum absolute atomic E-state index is 12.1. The molecule has 0 unspecified atom stereocenters. The minimum absolute atomic E-state index is 0.0273. The zero-order valence-corrected chi connectivity index (χ0v) is 12.3. The van der Waals surface area contributed by atoms with Crippen molar-refractivity contribution in [1.82, 2.24) is 14.9 Å². The Morgan fingerprint density at radius 2 is 2.05 bits per heavy atom. The Hall–Kier alpha value is -1.84. The lowest BCUT2D eigenvalue weighted by Crippen LogP contribution is -2.34. The van der Waals surface area contributed by atoms with E-state index in [4.69, 9.17) is 4.98 Å². The largest absolute Gasteiger partial charge is 0.346 e. The number of nitrogens with one attached hydrogen (secondary N) is 1. The predicted octanol–water partition coefficient (Wildman–Crippen LogP) is 2.80. The van der Waals surface area contributed by atoms with Gasteiger partial charge in [-0.1, -0.05) is 26.0 Å². The molecule has 4 nitrogen and oxygen atoms in total. The number of benzene rings is 1. The minimum atomic E-state index is -0.0273. The number of fused-ring (bicyclic) bond motifs is 1. The highest BCUT2D eigenvalue weighted by Crippen LogP contribution is 2.31. The van der Waals surface area contributed by atoms with Crippen LogP contribution in [0, 0.1) is 11.8 Å². The van der Waals surface area contributed by atoms with Crippen LogP contribution >= 0.6 is 0 Å². The van der Waals surface area contributed by atoms with Gasteiger partial charge >= 0.3 is 0 Å². The normalized spacial score (nSPS) is 16.6. The Morgan fingerprint density at radius 1 is 1.35 bits per heavy atom. The first-order valence-electron chi connectivity index (χ1n) is 7.29. The first-order chi connectivity index (χ1) is 9.58. The molecule has 1 saturated carbocycles. The van der Waals surface area contributed by atoms with Crippen molar-refractivity contribution >= 4 is 16.9 Å². The maximum Gasteiger partial charge on any atom is 0.223 e. The van der Waals surface area contributed by atoms with Gasteiger partial charge in [-0.3, -0.25) is 4.79 Å². The molecule has 1 fully saturated rings. The number of nitrogens with zero attached hydrogens (tertiary/aromatic N) is 2. The third kappa shape index (κ3) is 2.30. The molecule has 20 heavy (non-hydrogen) atoms. The summed E-state index contributed by atoms with van der Waals surface area (Å²) in [4.78, 5) is 16.8. The fourth-order valence-corrected chi connectivity index (χ4v) is 2.59. The fraction of sp³-hybridized carbons (Fsp3) is 0.500. The number of hydrogen-bond donors (Lipinski definition) is 1. The van der Waals surface area contributed by atoms with Crippen LogP contribution in [0.3, 0.4) is 0 Å². The number of amides is 1. The highest BCUT2D eigenvalue weighted by Gasteiger charge is 2.33. The van der Waals surface area contributed by atoms with Crippen molar-refractivity contribution in [2.75, 3.05) is 0 Å². The van der Waals surface area contributed by atoms with Gasteiger partial charge in [-0.15, -0.1) is 0 Å². The number of imidazole rings is 1. The van der Waals surface area contributed by atoms with Gasteiger partial charge < -0.3 is 9.88 Å². The van der Waals surface area contributed by atoms with Crippen molar-refractivity contribution in [3.63, 3.8) is 0 Å². The molecule has 1 heterocycles. The molecule has 1 amide bonds. The SMILES string of the molecule is CC(C)[C@@H](NC(=O)C1CC1)c1nc2ccccc2n1C. The lowest BCUT2D eigenvalue weighted by molar-refractivity contribution is -0.123. The van der Waals surface area contributed by atoms with E-state index in [0.717, 1.165) is 29.7 Å². The van der Waals surface area contributed by atoms with Crippen LogP contribution in [-0.4, -0.2) is 15.5 Å². The monoisotopic (exact) mass is 271 g/mol. The third-order valence-electron chi connectivity index (χ3n) is 4.01. The number of aromatic nitrogens is 2. The summed E-state index contributed by atoms with van der Waals surface area (Å²) < 4.78 is 2.09. The average molecular weight is 271 g/mol. The van der Waals surface area contributed by atoms with E-state index in [0.29, 0.717) is 5.92 Å². The first kappa shape index (κ1) is 13.2. The summed E-state index contributed by atoms with van der Waals surface area (Å²) in [5.41, 5.74) is 2.09. The van der Waals surface area contributed by atoms with Gasteiger partial charge in [0.25, 0.3) is 0 Å². The highest BCUT2D eigenvalue weighted by molar-refractivity contribution is 5.81. The quantitative estimate of drug-likeness (QED) is 0.929. The predicted molar refractivity (Wildman–Crippen MR) is 79.2 cm³/mol. The van der Waals surface area contributed by atoms with Gasteiger partial charge in [-0.25, -0.2) is 4.98 Å². The van der Waals surface area contributed by atoms with Crippen molar-refractivity contribution in [1.29, 1.82) is 0 Å². The summed E-state index contributed by atoms with van der Waals surface area (Å²) in [6, 6.07) is 8.05. The molecular weight excluding hydrogens is 250 g/mol. The second kappa shape index (κ2) is 4.93. The Bertz CT molecular complexity index is 640. The highest BCUT2D eigenvalue weighted by atomic mass is 16.2. The van der Waals surface area contributed by atoms with Gasteiger partial charge in [-0.05, 0) is 30.9 Å². The lowest BCUT2D eigenvalue weighted by atomic mass is 10.0. The fourth-order valence-electron chi connectivity index (χ4n) is 2.59. The van der Waals surface area contributed by atoms with Crippen LogP contribution in [0.1, 0.15) is 38.6 Å². The third-order valence-corrected chi connectivity index (χ3v) is 4.01. The molecule has 3 rings (SSSR count). The van der Waals surface area contributed by atoms with Crippen LogP contribution in [0.2, 0.25) is 0 Å². The molecule has 0 saturated heterocycles. The molecule has 1 aromatic carbocycles. The standard InChI is InChI=1S/C16H21N3O/c1-10(2)14(18-16(20)11-8-9-11)15-17-12-6-4-5-7-13(12)19(15)3/h4-7,10-11,14H,8-9H2,1-3H3,(H,18,20)/t14-/m1/s1. The Morgan fingerprint density at radius 3 is 2.65 bits per heavy atom. The number of carbonyl (C=O) groups excluding carboxylic acids is 1. The lowest BCUT2D eigenvalue weighted by Gasteiger charge is -2.22. The second-order valence-electron chi connectivity index (χ2n) is 6.02. The number of carbonyl (C=O) groups is 1. The zero-order valence-electron chi connectivity index (χ0n) is 12.3. The van der Waals surface area contributed by atoms with Crippen molar-refractivity contribution in [2.45, 2.75) is 32.7 Å². The van der Waals surface area contributed by atoms with E-state index in [1.807, 2.05) is 25.2 Å². The molecule has 1 aliphatic rings. The Kier molecular flexibility index (Phi) is 3.24. The second-order valence-corrected chi connectivity index (χ2v) is 6.02. The molecule has 0 bridgehead atoms. The van der Waals surface area contributed by atoms with Gasteiger partial charge in [-0.2, -0.15) is 0 Å². The smallest absolute Gasteiger partial charge is 0.223 e. The van der Waals surface area contributed by atoms with Gasteiger partial charge in [0.2, 0.25) is 5.91 Å². The molecule has 0 radical (unpaired) electrons. The van der Waals surface area contributed by atoms with E-state index < -0.39 is 0 Å². The summed E-state index contributed by atoms with van der Waals surface area (Å²) in [6.07, 6.45) is 2.05. The maximum atomic E-state index is 12.1. The molecular formula is C16H21N3O. The van der Waals surface area contributed by atoms with E-state index in [1.54, 1.807) is 0 Å². The van der Waals surface area contributed by atoms with Crippen molar-refractivity contribution < 1.29 is 4.79 Å².